The summed E-state index contributed by atoms with van der Waals surface area (Å²) in [5.41, 5.74) is 0.953. The Morgan fingerprint density at radius 3 is 2.71 bits per heavy atom. The lowest BCUT2D eigenvalue weighted by atomic mass is 10.1. The number of benzene rings is 1. The molecule has 1 amide bonds. The molecule has 0 N–H and O–H groups in total. The molecule has 7 nitrogen and oxygen atoms in total. The monoisotopic (exact) mass is 345 g/mol. The first-order valence-electron chi connectivity index (χ1n) is 8.21. The average molecular weight is 345 g/mol. The molecule has 1 atom stereocenters. The molecule has 126 valence electrons. The summed E-state index contributed by atoms with van der Waals surface area (Å²) in [6.07, 6.45) is 2.62. The summed E-state index contributed by atoms with van der Waals surface area (Å²) in [6, 6.07) is 10.1. The van der Waals surface area contributed by atoms with E-state index in [1.165, 1.54) is 11.8 Å². The van der Waals surface area contributed by atoms with E-state index in [0.717, 1.165) is 49.9 Å². The maximum atomic E-state index is 12.7. The van der Waals surface area contributed by atoms with E-state index in [1.54, 1.807) is 0 Å². The highest BCUT2D eigenvalue weighted by molar-refractivity contribution is 8.00. The Balaban J connectivity index is 1.47. The summed E-state index contributed by atoms with van der Waals surface area (Å²) in [4.78, 5) is 14.6. The summed E-state index contributed by atoms with van der Waals surface area (Å²) in [5, 5.41) is 12.7. The van der Waals surface area contributed by atoms with Gasteiger partial charge in [0.1, 0.15) is 0 Å². The number of ether oxygens (including phenoxy) is 1. The first-order valence-corrected chi connectivity index (χ1v) is 9.09. The molecule has 2 aromatic rings. The molecule has 0 bridgehead atoms. The van der Waals surface area contributed by atoms with Crippen LogP contribution in [0.15, 0.2) is 35.5 Å². The molecule has 1 aromatic heterocycles. The van der Waals surface area contributed by atoms with Gasteiger partial charge in [-0.15, -0.1) is 5.10 Å². The molecule has 0 aliphatic carbocycles. The summed E-state index contributed by atoms with van der Waals surface area (Å²) < 4.78 is 7.27. The Morgan fingerprint density at radius 1 is 1.12 bits per heavy atom. The second kappa shape index (κ2) is 6.90. The van der Waals surface area contributed by atoms with Crippen LogP contribution in [0.25, 0.3) is 0 Å². The van der Waals surface area contributed by atoms with Crippen LogP contribution in [0.2, 0.25) is 0 Å². The van der Waals surface area contributed by atoms with E-state index >= 15 is 0 Å². The fourth-order valence-corrected chi connectivity index (χ4v) is 4.26. The van der Waals surface area contributed by atoms with Gasteiger partial charge in [-0.05, 0) is 41.8 Å². The lowest BCUT2D eigenvalue weighted by molar-refractivity contribution is -0.116. The molecule has 0 spiro atoms. The standard InChI is InChI=1S/C16H19N5O2S/c22-15-14(6-9-20(15)12-4-2-1-3-5-12)24-16-17-18-19-21(16)13-7-10-23-11-8-13/h1-5,13-14H,6-11H2/t14-/m0/s1. The van der Waals surface area contributed by atoms with Gasteiger partial charge in [0, 0.05) is 25.4 Å². The first-order chi connectivity index (χ1) is 11.8. The first kappa shape index (κ1) is 15.6. The van der Waals surface area contributed by atoms with Gasteiger partial charge >= 0.3 is 0 Å². The van der Waals surface area contributed by atoms with Gasteiger partial charge in [-0.3, -0.25) is 4.79 Å². The van der Waals surface area contributed by atoms with Crippen molar-refractivity contribution in [2.45, 2.75) is 35.7 Å². The van der Waals surface area contributed by atoms with E-state index in [2.05, 4.69) is 15.5 Å². The van der Waals surface area contributed by atoms with Crippen molar-refractivity contribution in [1.29, 1.82) is 0 Å². The van der Waals surface area contributed by atoms with Crippen molar-refractivity contribution in [1.82, 2.24) is 20.2 Å². The molecule has 24 heavy (non-hydrogen) atoms. The molecular formula is C16H19N5O2S. The average Bonchev–Trinajstić information content (AvgIpc) is 3.24. The van der Waals surface area contributed by atoms with E-state index < -0.39 is 0 Å². The van der Waals surface area contributed by atoms with Gasteiger partial charge in [0.05, 0.1) is 11.3 Å². The highest BCUT2D eigenvalue weighted by Gasteiger charge is 2.35. The predicted octanol–water partition coefficient (Wildman–Crippen LogP) is 1.92. The normalized spacial score (nSPS) is 22.2. The van der Waals surface area contributed by atoms with Gasteiger partial charge in [0.25, 0.3) is 0 Å². The lowest BCUT2D eigenvalue weighted by Crippen LogP contribution is -2.28. The fraction of sp³-hybridized carbons (Fsp3) is 0.500. The summed E-state index contributed by atoms with van der Waals surface area (Å²) in [6.45, 7) is 2.21. The van der Waals surface area contributed by atoms with Crippen molar-refractivity contribution in [2.24, 2.45) is 0 Å². The molecule has 2 aliphatic rings. The van der Waals surface area contributed by atoms with E-state index in [4.69, 9.17) is 4.74 Å². The second-order valence-corrected chi connectivity index (χ2v) is 7.14. The highest BCUT2D eigenvalue weighted by Crippen LogP contribution is 2.33. The number of tetrazole rings is 1. The number of carbonyl (C=O) groups is 1. The predicted molar refractivity (Wildman–Crippen MR) is 90.0 cm³/mol. The van der Waals surface area contributed by atoms with Crippen molar-refractivity contribution < 1.29 is 9.53 Å². The van der Waals surface area contributed by atoms with Crippen LogP contribution >= 0.6 is 11.8 Å². The molecule has 0 radical (unpaired) electrons. The fourth-order valence-electron chi connectivity index (χ4n) is 3.18. The summed E-state index contributed by atoms with van der Waals surface area (Å²) in [7, 11) is 0. The third-order valence-electron chi connectivity index (χ3n) is 4.47. The third-order valence-corrected chi connectivity index (χ3v) is 5.67. The van der Waals surface area contributed by atoms with Crippen LogP contribution in [0, 0.1) is 0 Å². The number of thioether (sulfide) groups is 1. The number of anilines is 1. The van der Waals surface area contributed by atoms with E-state index in [9.17, 15) is 4.79 Å². The molecule has 2 aliphatic heterocycles. The van der Waals surface area contributed by atoms with Crippen LogP contribution < -0.4 is 4.90 Å². The molecule has 8 heteroatoms. The number of carbonyl (C=O) groups excluding carboxylic acids is 1. The van der Waals surface area contributed by atoms with Crippen LogP contribution in [0.4, 0.5) is 5.69 Å². The van der Waals surface area contributed by atoms with Gasteiger partial charge < -0.3 is 9.64 Å². The number of aromatic nitrogens is 4. The van der Waals surface area contributed by atoms with Gasteiger partial charge in [-0.2, -0.15) is 0 Å². The zero-order chi connectivity index (χ0) is 16.4. The number of rotatable bonds is 4. The molecule has 2 saturated heterocycles. The van der Waals surface area contributed by atoms with Crippen molar-refractivity contribution in [3.8, 4) is 0 Å². The number of amides is 1. The lowest BCUT2D eigenvalue weighted by Gasteiger charge is -2.22. The van der Waals surface area contributed by atoms with Crippen LogP contribution in [-0.4, -0.2) is 51.1 Å². The van der Waals surface area contributed by atoms with Gasteiger partial charge in [-0.1, -0.05) is 30.0 Å². The number of nitrogens with zero attached hydrogens (tertiary/aromatic N) is 5. The van der Waals surface area contributed by atoms with Gasteiger partial charge in [0.15, 0.2) is 0 Å². The smallest absolute Gasteiger partial charge is 0.240 e. The minimum atomic E-state index is -0.130. The quantitative estimate of drug-likeness (QED) is 0.843. The van der Waals surface area contributed by atoms with Crippen molar-refractivity contribution in [3.05, 3.63) is 30.3 Å². The number of hydrogen-bond donors (Lipinski definition) is 0. The zero-order valence-electron chi connectivity index (χ0n) is 13.2. The van der Waals surface area contributed by atoms with Crippen LogP contribution in [0.5, 0.6) is 0 Å². The van der Waals surface area contributed by atoms with Crippen LogP contribution in [-0.2, 0) is 9.53 Å². The number of hydrogen-bond acceptors (Lipinski definition) is 6. The Hall–Kier alpha value is -1.93. The third kappa shape index (κ3) is 3.03. The highest BCUT2D eigenvalue weighted by atomic mass is 32.2. The molecule has 4 rings (SSSR count). The zero-order valence-corrected chi connectivity index (χ0v) is 14.1. The Bertz CT molecular complexity index is 702. The van der Waals surface area contributed by atoms with Crippen molar-refractivity contribution in [2.75, 3.05) is 24.7 Å². The molecule has 0 unspecified atom stereocenters. The van der Waals surface area contributed by atoms with Gasteiger partial charge in [0.2, 0.25) is 11.1 Å². The molecule has 1 aromatic carbocycles. The number of para-hydroxylation sites is 1. The molecule has 2 fully saturated rings. The molecule has 0 saturated carbocycles. The van der Waals surface area contributed by atoms with Crippen molar-refractivity contribution in [3.63, 3.8) is 0 Å². The van der Waals surface area contributed by atoms with E-state index in [-0.39, 0.29) is 17.2 Å². The van der Waals surface area contributed by atoms with Crippen molar-refractivity contribution >= 4 is 23.4 Å². The Morgan fingerprint density at radius 2 is 1.92 bits per heavy atom. The second-order valence-electron chi connectivity index (χ2n) is 5.97. The SMILES string of the molecule is O=C1[C@@H](Sc2nnnn2C2CCOCC2)CCN1c1ccccc1. The van der Waals surface area contributed by atoms with Crippen LogP contribution in [0.1, 0.15) is 25.3 Å². The summed E-state index contributed by atoms with van der Waals surface area (Å²) >= 11 is 1.48. The van der Waals surface area contributed by atoms with Gasteiger partial charge in [-0.25, -0.2) is 4.68 Å². The maximum absolute atomic E-state index is 12.7. The molecule has 3 heterocycles. The minimum Gasteiger partial charge on any atom is -0.381 e. The largest absolute Gasteiger partial charge is 0.381 e. The summed E-state index contributed by atoms with van der Waals surface area (Å²) in [5.74, 6) is 0.132. The Kier molecular flexibility index (Phi) is 4.48. The van der Waals surface area contributed by atoms with E-state index in [0.29, 0.717) is 0 Å². The van der Waals surface area contributed by atoms with E-state index in [1.807, 2.05) is 39.9 Å². The van der Waals surface area contributed by atoms with Crippen LogP contribution in [0.3, 0.4) is 0 Å². The minimum absolute atomic E-state index is 0.130. The topological polar surface area (TPSA) is 73.1 Å². The Labute approximate surface area is 144 Å². The maximum Gasteiger partial charge on any atom is 0.240 e. The molecular weight excluding hydrogens is 326 g/mol.